The van der Waals surface area contributed by atoms with Crippen molar-refractivity contribution in [3.8, 4) is 0 Å². The molecule has 0 spiro atoms. The fraction of sp³-hybridized carbons (Fsp3) is 0.143. The summed E-state index contributed by atoms with van der Waals surface area (Å²) in [4.78, 5) is 0. The highest BCUT2D eigenvalue weighted by molar-refractivity contribution is 6.47. The molecular weight excluding hydrogens is 206 g/mol. The van der Waals surface area contributed by atoms with Gasteiger partial charge in [0.1, 0.15) is 0 Å². The van der Waals surface area contributed by atoms with E-state index in [1.165, 1.54) is 0 Å². The number of benzene rings is 1. The summed E-state index contributed by atoms with van der Waals surface area (Å²) in [6.45, 7) is 0. The second-order valence-electron chi connectivity index (χ2n) is 1.54. The molecule has 0 unspecified atom stereocenters. The van der Waals surface area contributed by atoms with Gasteiger partial charge in [0.2, 0.25) is 0 Å². The summed E-state index contributed by atoms with van der Waals surface area (Å²) < 4.78 is 0. The molecule has 1 aromatic rings. The fourth-order valence-corrected chi connectivity index (χ4v) is 1.00. The molecule has 11 heavy (non-hydrogen) atoms. The van der Waals surface area contributed by atoms with Crippen LogP contribution >= 0.6 is 34.8 Å². The molecule has 1 N–H and O–H groups in total. The number of halogens is 3. The van der Waals surface area contributed by atoms with Crippen molar-refractivity contribution in [1.29, 1.82) is 0 Å². The molecule has 0 aliphatic rings. The van der Waals surface area contributed by atoms with Crippen molar-refractivity contribution in [2.45, 2.75) is 0 Å². The summed E-state index contributed by atoms with van der Waals surface area (Å²) in [5.74, 6) is 0. The Morgan fingerprint density at radius 3 is 1.64 bits per heavy atom. The van der Waals surface area contributed by atoms with Gasteiger partial charge in [-0.3, -0.25) is 0 Å². The van der Waals surface area contributed by atoms with Gasteiger partial charge in [-0.2, -0.15) is 0 Å². The van der Waals surface area contributed by atoms with E-state index in [1.807, 2.05) is 0 Å². The summed E-state index contributed by atoms with van der Waals surface area (Å²) in [7, 11) is 1.00. The highest BCUT2D eigenvalue weighted by Crippen LogP contribution is 2.28. The van der Waals surface area contributed by atoms with Crippen LogP contribution in [0.3, 0.4) is 0 Å². The molecule has 0 aliphatic heterocycles. The first-order valence-electron chi connectivity index (χ1n) is 2.76. The minimum absolute atomic E-state index is 0.417. The van der Waals surface area contributed by atoms with Crippen molar-refractivity contribution in [3.63, 3.8) is 0 Å². The summed E-state index contributed by atoms with van der Waals surface area (Å²) in [5, 5.41) is 8.40. The van der Waals surface area contributed by atoms with Gasteiger partial charge in [0.25, 0.3) is 0 Å². The lowest BCUT2D eigenvalue weighted by Crippen LogP contribution is -1.67. The Kier molecular flexibility index (Phi) is 5.69. The molecule has 0 saturated heterocycles. The lowest BCUT2D eigenvalue weighted by Gasteiger charge is -1.94. The van der Waals surface area contributed by atoms with Crippen LogP contribution in [0.2, 0.25) is 15.1 Å². The highest BCUT2D eigenvalue weighted by Gasteiger charge is 1.98. The summed E-state index contributed by atoms with van der Waals surface area (Å²) >= 11 is 16.8. The molecule has 1 nitrogen and oxygen atoms in total. The molecule has 0 atom stereocenters. The van der Waals surface area contributed by atoms with Gasteiger partial charge >= 0.3 is 0 Å². The van der Waals surface area contributed by atoms with Crippen molar-refractivity contribution in [2.75, 3.05) is 7.11 Å². The van der Waals surface area contributed by atoms with Gasteiger partial charge in [0.05, 0.1) is 15.1 Å². The van der Waals surface area contributed by atoms with Crippen LogP contribution in [0.25, 0.3) is 0 Å². The van der Waals surface area contributed by atoms with Crippen molar-refractivity contribution >= 4 is 34.8 Å². The molecule has 0 aliphatic carbocycles. The van der Waals surface area contributed by atoms with Crippen LogP contribution in [0, 0.1) is 0 Å². The normalized spacial score (nSPS) is 8.45. The minimum atomic E-state index is 0.417. The summed E-state index contributed by atoms with van der Waals surface area (Å²) in [6.07, 6.45) is 0. The monoisotopic (exact) mass is 212 g/mol. The number of hydrogen-bond donors (Lipinski definition) is 1. The predicted molar refractivity (Wildman–Crippen MR) is 49.6 cm³/mol. The molecule has 0 heterocycles. The first-order valence-corrected chi connectivity index (χ1v) is 3.89. The van der Waals surface area contributed by atoms with Crippen LogP contribution in [-0.4, -0.2) is 12.2 Å². The van der Waals surface area contributed by atoms with E-state index < -0.39 is 0 Å². The molecule has 4 heteroatoms. The van der Waals surface area contributed by atoms with E-state index in [4.69, 9.17) is 39.9 Å². The van der Waals surface area contributed by atoms with Gasteiger partial charge in [-0.15, -0.1) is 0 Å². The highest BCUT2D eigenvalue weighted by atomic mass is 35.5. The molecule has 1 aromatic carbocycles. The topological polar surface area (TPSA) is 20.2 Å². The smallest absolute Gasteiger partial charge is 0.0778 e. The quantitative estimate of drug-likeness (QED) is 0.656. The second kappa shape index (κ2) is 5.67. The van der Waals surface area contributed by atoms with E-state index in [9.17, 15) is 0 Å². The number of aliphatic hydroxyl groups excluding tert-OH is 1. The zero-order valence-corrected chi connectivity index (χ0v) is 8.08. The second-order valence-corrected chi connectivity index (χ2v) is 2.73. The van der Waals surface area contributed by atoms with Gasteiger partial charge in [-0.25, -0.2) is 0 Å². The molecule has 0 amide bonds. The maximum atomic E-state index is 7.00. The fourth-order valence-electron chi connectivity index (χ4n) is 0.477. The Labute approximate surface area is 80.5 Å². The zero-order valence-electron chi connectivity index (χ0n) is 5.81. The molecule has 0 aromatic heterocycles. The van der Waals surface area contributed by atoms with Gasteiger partial charge in [-0.05, 0) is 12.1 Å². The van der Waals surface area contributed by atoms with Crippen LogP contribution < -0.4 is 0 Å². The molecule has 1 rings (SSSR count). The Morgan fingerprint density at radius 2 is 1.36 bits per heavy atom. The van der Waals surface area contributed by atoms with Crippen molar-refractivity contribution in [2.24, 2.45) is 0 Å². The molecule has 62 valence electrons. The molecular formula is C7H7Cl3O. The summed E-state index contributed by atoms with van der Waals surface area (Å²) in [5.41, 5.74) is 0. The van der Waals surface area contributed by atoms with Crippen LogP contribution in [0.15, 0.2) is 18.2 Å². The minimum Gasteiger partial charge on any atom is -0.400 e. The van der Waals surface area contributed by atoms with E-state index in [1.54, 1.807) is 18.2 Å². The van der Waals surface area contributed by atoms with Crippen LogP contribution in [0.5, 0.6) is 0 Å². The zero-order chi connectivity index (χ0) is 8.85. The van der Waals surface area contributed by atoms with E-state index in [0.717, 1.165) is 7.11 Å². The molecule has 0 bridgehead atoms. The van der Waals surface area contributed by atoms with Crippen molar-refractivity contribution in [3.05, 3.63) is 33.3 Å². The van der Waals surface area contributed by atoms with E-state index >= 15 is 0 Å². The first-order chi connectivity index (χ1) is 5.22. The Balaban J connectivity index is 0.000000461. The third-order valence-corrected chi connectivity index (χ3v) is 2.14. The maximum absolute atomic E-state index is 7.00. The lowest BCUT2D eigenvalue weighted by molar-refractivity contribution is 0.399. The van der Waals surface area contributed by atoms with Gasteiger partial charge in [0.15, 0.2) is 0 Å². The average Bonchev–Trinajstić information content (AvgIpc) is 2.04. The first kappa shape index (κ1) is 11.1. The standard InChI is InChI=1S/C6H3Cl3.CH4O/c7-4-2-1-3-5(8)6(4)9;1-2/h1-3H;2H,1H3. The molecule has 0 saturated carbocycles. The van der Waals surface area contributed by atoms with E-state index in [0.29, 0.717) is 15.1 Å². The maximum Gasteiger partial charge on any atom is 0.0778 e. The number of rotatable bonds is 0. The number of hydrogen-bond acceptors (Lipinski definition) is 1. The summed E-state index contributed by atoms with van der Waals surface area (Å²) in [6, 6.07) is 5.13. The van der Waals surface area contributed by atoms with Crippen LogP contribution in [-0.2, 0) is 0 Å². The van der Waals surface area contributed by atoms with Crippen molar-refractivity contribution in [1.82, 2.24) is 0 Å². The van der Waals surface area contributed by atoms with Crippen LogP contribution in [0.1, 0.15) is 0 Å². The Hall–Kier alpha value is 0.0500. The van der Waals surface area contributed by atoms with Crippen LogP contribution in [0.4, 0.5) is 0 Å². The largest absolute Gasteiger partial charge is 0.400 e. The van der Waals surface area contributed by atoms with Gasteiger partial charge < -0.3 is 5.11 Å². The predicted octanol–water partition coefficient (Wildman–Crippen LogP) is 3.26. The van der Waals surface area contributed by atoms with Crippen molar-refractivity contribution < 1.29 is 5.11 Å². The molecule has 0 fully saturated rings. The Morgan fingerprint density at radius 1 is 1.00 bits per heavy atom. The van der Waals surface area contributed by atoms with E-state index in [-0.39, 0.29) is 0 Å². The average molecular weight is 213 g/mol. The lowest BCUT2D eigenvalue weighted by atomic mass is 10.4. The van der Waals surface area contributed by atoms with Gasteiger partial charge in [0, 0.05) is 7.11 Å². The number of aliphatic hydroxyl groups is 1. The molecule has 0 radical (unpaired) electrons. The Bertz CT molecular complexity index is 205. The third-order valence-electron chi connectivity index (χ3n) is 0.904. The van der Waals surface area contributed by atoms with E-state index in [2.05, 4.69) is 0 Å². The third kappa shape index (κ3) is 3.30. The SMILES string of the molecule is CO.Clc1cccc(Cl)c1Cl. The van der Waals surface area contributed by atoms with Gasteiger partial charge in [-0.1, -0.05) is 40.9 Å².